The van der Waals surface area contributed by atoms with Gasteiger partial charge in [-0.05, 0) is 32.3 Å². The summed E-state index contributed by atoms with van der Waals surface area (Å²) in [6, 6.07) is 8.25. The maximum absolute atomic E-state index is 13.2. The van der Waals surface area contributed by atoms with Gasteiger partial charge in [-0.25, -0.2) is 0 Å². The van der Waals surface area contributed by atoms with Crippen molar-refractivity contribution in [2.75, 3.05) is 45.9 Å². The lowest BCUT2D eigenvalue weighted by molar-refractivity contribution is -0.139. The zero-order valence-electron chi connectivity index (χ0n) is 19.4. The van der Waals surface area contributed by atoms with E-state index in [1.807, 2.05) is 36.1 Å². The zero-order valence-corrected chi connectivity index (χ0v) is 19.4. The first-order valence-corrected chi connectivity index (χ1v) is 12.4. The Labute approximate surface area is 192 Å². The summed E-state index contributed by atoms with van der Waals surface area (Å²) in [5.74, 6) is 0.912. The molecule has 2 aliphatic heterocycles. The molecule has 1 aliphatic carbocycles. The number of ether oxygens (including phenoxy) is 1. The van der Waals surface area contributed by atoms with Crippen molar-refractivity contribution >= 4 is 11.8 Å². The summed E-state index contributed by atoms with van der Waals surface area (Å²) in [5.41, 5.74) is 1.06. The van der Waals surface area contributed by atoms with E-state index in [0.29, 0.717) is 25.7 Å². The highest BCUT2D eigenvalue weighted by molar-refractivity contribution is 5.88. The lowest BCUT2D eigenvalue weighted by Gasteiger charge is -2.36. The molecule has 0 radical (unpaired) electrons. The number of nitrogens with zero attached hydrogens (tertiary/aromatic N) is 3. The molecular weight excluding hydrogens is 404 g/mol. The van der Waals surface area contributed by atoms with Gasteiger partial charge in [0, 0.05) is 57.4 Å². The van der Waals surface area contributed by atoms with Gasteiger partial charge in [-0.3, -0.25) is 19.4 Å². The third-order valence-corrected chi connectivity index (χ3v) is 7.18. The van der Waals surface area contributed by atoms with Gasteiger partial charge in [-0.1, -0.05) is 31.0 Å². The van der Waals surface area contributed by atoms with Gasteiger partial charge in [0.15, 0.2) is 0 Å². The first kappa shape index (κ1) is 23.1. The SMILES string of the molecule is CCOc1ccccc1CN1CCNC(=O)C1CC(=O)N1CCCN(C2CCCC2)CC1. The molecule has 3 fully saturated rings. The third kappa shape index (κ3) is 5.62. The Morgan fingerprint density at radius 1 is 1.06 bits per heavy atom. The van der Waals surface area contributed by atoms with E-state index in [0.717, 1.165) is 50.5 Å². The minimum atomic E-state index is -0.430. The molecule has 3 aliphatic rings. The number of carbonyl (C=O) groups is 2. The normalized spacial score (nSPS) is 23.7. The number of rotatable bonds is 7. The maximum Gasteiger partial charge on any atom is 0.237 e. The summed E-state index contributed by atoms with van der Waals surface area (Å²) in [5, 5.41) is 2.96. The molecule has 2 heterocycles. The van der Waals surface area contributed by atoms with Crippen LogP contribution < -0.4 is 10.1 Å². The number of hydrogen-bond donors (Lipinski definition) is 1. The largest absolute Gasteiger partial charge is 0.494 e. The van der Waals surface area contributed by atoms with Gasteiger partial charge in [0.1, 0.15) is 5.75 Å². The Kier molecular flexibility index (Phi) is 8.03. The van der Waals surface area contributed by atoms with Gasteiger partial charge in [0.25, 0.3) is 0 Å². The summed E-state index contributed by atoms with van der Waals surface area (Å²) in [7, 11) is 0. The van der Waals surface area contributed by atoms with E-state index in [2.05, 4.69) is 15.1 Å². The first-order valence-electron chi connectivity index (χ1n) is 12.4. The van der Waals surface area contributed by atoms with E-state index in [9.17, 15) is 9.59 Å². The van der Waals surface area contributed by atoms with Crippen molar-refractivity contribution in [3.63, 3.8) is 0 Å². The molecule has 0 aromatic heterocycles. The van der Waals surface area contributed by atoms with Crippen molar-refractivity contribution in [1.82, 2.24) is 20.0 Å². The minimum absolute atomic E-state index is 0.0408. The van der Waals surface area contributed by atoms with Crippen LogP contribution in [0.1, 0.15) is 51.0 Å². The minimum Gasteiger partial charge on any atom is -0.494 e. The van der Waals surface area contributed by atoms with Crippen LogP contribution >= 0.6 is 0 Å². The maximum atomic E-state index is 13.2. The summed E-state index contributed by atoms with van der Waals surface area (Å²) < 4.78 is 5.78. The van der Waals surface area contributed by atoms with Crippen LogP contribution in [0.4, 0.5) is 0 Å². The quantitative estimate of drug-likeness (QED) is 0.702. The zero-order chi connectivity index (χ0) is 22.3. The van der Waals surface area contributed by atoms with E-state index in [-0.39, 0.29) is 18.2 Å². The molecule has 0 bridgehead atoms. The Balaban J connectivity index is 1.38. The lowest BCUT2D eigenvalue weighted by atomic mass is 10.1. The average molecular weight is 443 g/mol. The average Bonchev–Trinajstić information content (AvgIpc) is 3.22. The van der Waals surface area contributed by atoms with Crippen molar-refractivity contribution in [3.8, 4) is 5.75 Å². The second-order valence-electron chi connectivity index (χ2n) is 9.23. The van der Waals surface area contributed by atoms with Crippen LogP contribution in [-0.4, -0.2) is 84.5 Å². The van der Waals surface area contributed by atoms with E-state index < -0.39 is 6.04 Å². The predicted molar refractivity (Wildman–Crippen MR) is 124 cm³/mol. The molecule has 1 saturated carbocycles. The van der Waals surface area contributed by atoms with Crippen molar-refractivity contribution < 1.29 is 14.3 Å². The molecule has 7 nitrogen and oxygen atoms in total. The highest BCUT2D eigenvalue weighted by Crippen LogP contribution is 2.25. The second-order valence-corrected chi connectivity index (χ2v) is 9.23. The molecule has 0 spiro atoms. The van der Waals surface area contributed by atoms with Crippen molar-refractivity contribution in [2.24, 2.45) is 0 Å². The molecule has 1 N–H and O–H groups in total. The topological polar surface area (TPSA) is 65.1 Å². The monoisotopic (exact) mass is 442 g/mol. The van der Waals surface area contributed by atoms with Gasteiger partial charge >= 0.3 is 0 Å². The summed E-state index contributed by atoms with van der Waals surface area (Å²) in [4.78, 5) is 32.7. The number of hydrogen-bond acceptors (Lipinski definition) is 5. The van der Waals surface area contributed by atoms with Gasteiger partial charge < -0.3 is 15.0 Å². The van der Waals surface area contributed by atoms with Crippen molar-refractivity contribution in [3.05, 3.63) is 29.8 Å². The first-order chi connectivity index (χ1) is 15.7. The highest BCUT2D eigenvalue weighted by atomic mass is 16.5. The third-order valence-electron chi connectivity index (χ3n) is 7.18. The second kappa shape index (κ2) is 11.1. The molecule has 1 unspecified atom stereocenters. The van der Waals surface area contributed by atoms with Crippen molar-refractivity contribution in [1.29, 1.82) is 0 Å². The molecule has 2 amide bonds. The van der Waals surface area contributed by atoms with Crippen LogP contribution in [-0.2, 0) is 16.1 Å². The Hall–Kier alpha value is -2.12. The fraction of sp³-hybridized carbons (Fsp3) is 0.680. The Morgan fingerprint density at radius 3 is 2.69 bits per heavy atom. The number of para-hydroxylation sites is 1. The number of nitrogens with one attached hydrogen (secondary N) is 1. The van der Waals surface area contributed by atoms with Crippen LogP contribution in [0.3, 0.4) is 0 Å². The molecule has 176 valence electrons. The molecule has 7 heteroatoms. The fourth-order valence-electron chi connectivity index (χ4n) is 5.44. The highest BCUT2D eigenvalue weighted by Gasteiger charge is 2.34. The van der Waals surface area contributed by atoms with Gasteiger partial charge in [-0.15, -0.1) is 0 Å². The Bertz CT molecular complexity index is 780. The van der Waals surface area contributed by atoms with E-state index in [1.54, 1.807) is 0 Å². The molecule has 1 aromatic rings. The standard InChI is InChI=1S/C25H38N4O3/c1-2-32-23-11-6-3-8-20(23)19-29-15-12-26-25(31)22(29)18-24(30)28-14-7-13-27(16-17-28)21-9-4-5-10-21/h3,6,8,11,21-22H,2,4-5,7,9-10,12-19H2,1H3,(H,26,31). The van der Waals surface area contributed by atoms with Gasteiger partial charge in [0.2, 0.25) is 11.8 Å². The smallest absolute Gasteiger partial charge is 0.237 e. The number of benzene rings is 1. The summed E-state index contributed by atoms with van der Waals surface area (Å²) in [6.45, 7) is 8.14. The molecule has 4 rings (SSSR count). The molecule has 1 aromatic carbocycles. The van der Waals surface area contributed by atoms with Crippen LogP contribution in [0.2, 0.25) is 0 Å². The molecule has 1 atom stereocenters. The summed E-state index contributed by atoms with van der Waals surface area (Å²) in [6.07, 6.45) is 6.53. The molecular formula is C25H38N4O3. The van der Waals surface area contributed by atoms with Crippen molar-refractivity contribution in [2.45, 2.75) is 64.1 Å². The number of amides is 2. The summed E-state index contributed by atoms with van der Waals surface area (Å²) >= 11 is 0. The number of piperazine rings is 1. The Morgan fingerprint density at radius 2 is 1.88 bits per heavy atom. The predicted octanol–water partition coefficient (Wildman–Crippen LogP) is 2.25. The fourth-order valence-corrected chi connectivity index (χ4v) is 5.44. The van der Waals surface area contributed by atoms with Crippen LogP contribution in [0.15, 0.2) is 24.3 Å². The van der Waals surface area contributed by atoms with E-state index >= 15 is 0 Å². The van der Waals surface area contributed by atoms with Gasteiger partial charge in [-0.2, -0.15) is 0 Å². The van der Waals surface area contributed by atoms with Gasteiger partial charge in [0.05, 0.1) is 19.1 Å². The van der Waals surface area contributed by atoms with Crippen LogP contribution in [0, 0.1) is 0 Å². The molecule has 2 saturated heterocycles. The van der Waals surface area contributed by atoms with Crippen LogP contribution in [0.5, 0.6) is 5.75 Å². The van der Waals surface area contributed by atoms with Crippen LogP contribution in [0.25, 0.3) is 0 Å². The van der Waals surface area contributed by atoms with E-state index in [4.69, 9.17) is 4.74 Å². The number of carbonyl (C=O) groups excluding carboxylic acids is 2. The lowest BCUT2D eigenvalue weighted by Crippen LogP contribution is -2.56. The molecule has 32 heavy (non-hydrogen) atoms. The van der Waals surface area contributed by atoms with E-state index in [1.165, 1.54) is 25.7 Å².